The SMILES string of the molecule is COc1ccc(OC(C)C(=O)N2CCC(NC(=O)C3CCCCC3)CC2)cc1. The number of nitrogens with zero attached hydrogens (tertiary/aromatic N) is 1. The Hall–Kier alpha value is -2.24. The van der Waals surface area contributed by atoms with Crippen molar-refractivity contribution < 1.29 is 19.1 Å². The molecular weight excluding hydrogens is 356 g/mol. The van der Waals surface area contributed by atoms with Gasteiger partial charge in [0.05, 0.1) is 7.11 Å². The van der Waals surface area contributed by atoms with E-state index in [2.05, 4.69) is 5.32 Å². The molecule has 154 valence electrons. The van der Waals surface area contributed by atoms with Crippen molar-refractivity contribution in [3.63, 3.8) is 0 Å². The average Bonchev–Trinajstić information content (AvgIpc) is 2.75. The minimum atomic E-state index is -0.540. The molecule has 1 aliphatic heterocycles. The lowest BCUT2D eigenvalue weighted by molar-refractivity contribution is -0.139. The Morgan fingerprint density at radius 1 is 1.00 bits per heavy atom. The topological polar surface area (TPSA) is 67.9 Å². The number of hydrogen-bond donors (Lipinski definition) is 1. The van der Waals surface area contributed by atoms with Crippen LogP contribution < -0.4 is 14.8 Å². The minimum absolute atomic E-state index is 0.00660. The summed E-state index contributed by atoms with van der Waals surface area (Å²) in [4.78, 5) is 27.0. The van der Waals surface area contributed by atoms with Crippen LogP contribution >= 0.6 is 0 Å². The van der Waals surface area contributed by atoms with E-state index in [0.717, 1.165) is 44.3 Å². The van der Waals surface area contributed by atoms with Crippen LogP contribution in [-0.2, 0) is 9.59 Å². The van der Waals surface area contributed by atoms with Gasteiger partial charge in [-0.05, 0) is 56.9 Å². The lowest BCUT2D eigenvalue weighted by Gasteiger charge is -2.34. The van der Waals surface area contributed by atoms with Crippen LogP contribution in [0.3, 0.4) is 0 Å². The van der Waals surface area contributed by atoms with Gasteiger partial charge in [0.2, 0.25) is 5.91 Å². The zero-order valence-corrected chi connectivity index (χ0v) is 17.0. The lowest BCUT2D eigenvalue weighted by Crippen LogP contribution is -2.50. The van der Waals surface area contributed by atoms with Crippen molar-refractivity contribution in [2.45, 2.75) is 64.0 Å². The number of amides is 2. The molecule has 6 nitrogen and oxygen atoms in total. The fraction of sp³-hybridized carbons (Fsp3) is 0.636. The van der Waals surface area contributed by atoms with Gasteiger partial charge in [-0.25, -0.2) is 0 Å². The Morgan fingerprint density at radius 2 is 1.61 bits per heavy atom. The number of carbonyl (C=O) groups is 2. The van der Waals surface area contributed by atoms with Gasteiger partial charge in [0.15, 0.2) is 6.10 Å². The summed E-state index contributed by atoms with van der Waals surface area (Å²) in [5.41, 5.74) is 0. The molecule has 6 heteroatoms. The number of benzene rings is 1. The van der Waals surface area contributed by atoms with Crippen LogP contribution in [0.1, 0.15) is 51.9 Å². The molecule has 3 rings (SSSR count). The van der Waals surface area contributed by atoms with Crippen molar-refractivity contribution in [3.05, 3.63) is 24.3 Å². The van der Waals surface area contributed by atoms with Crippen LogP contribution in [0.5, 0.6) is 11.5 Å². The third kappa shape index (κ3) is 5.40. The molecule has 2 aliphatic rings. The Morgan fingerprint density at radius 3 is 2.21 bits per heavy atom. The smallest absolute Gasteiger partial charge is 0.263 e. The molecule has 2 fully saturated rings. The molecular formula is C22H32N2O4. The van der Waals surface area contributed by atoms with Gasteiger partial charge in [0.1, 0.15) is 11.5 Å². The third-order valence-corrected chi connectivity index (χ3v) is 5.85. The van der Waals surface area contributed by atoms with Gasteiger partial charge in [-0.15, -0.1) is 0 Å². The summed E-state index contributed by atoms with van der Waals surface area (Å²) in [6.45, 7) is 3.10. The van der Waals surface area contributed by atoms with E-state index in [1.54, 1.807) is 26.2 Å². The molecule has 1 aromatic rings. The summed E-state index contributed by atoms with van der Waals surface area (Å²) >= 11 is 0. The van der Waals surface area contributed by atoms with Gasteiger partial charge < -0.3 is 19.7 Å². The van der Waals surface area contributed by atoms with Gasteiger partial charge in [-0.1, -0.05) is 19.3 Å². The summed E-state index contributed by atoms with van der Waals surface area (Å²) in [5, 5.41) is 3.21. The first-order chi connectivity index (χ1) is 13.6. The molecule has 0 spiro atoms. The average molecular weight is 389 g/mol. The largest absolute Gasteiger partial charge is 0.497 e. The molecule has 1 aliphatic carbocycles. The molecule has 1 atom stereocenters. The molecule has 1 heterocycles. The Bertz CT molecular complexity index is 647. The zero-order valence-electron chi connectivity index (χ0n) is 17.0. The number of nitrogens with one attached hydrogen (secondary N) is 1. The first-order valence-corrected chi connectivity index (χ1v) is 10.5. The molecule has 1 saturated heterocycles. The van der Waals surface area contributed by atoms with Crippen LogP contribution in [0.25, 0.3) is 0 Å². The van der Waals surface area contributed by atoms with Crippen molar-refractivity contribution in [2.24, 2.45) is 5.92 Å². The number of piperidine rings is 1. The molecule has 1 saturated carbocycles. The summed E-state index contributed by atoms with van der Waals surface area (Å²) in [6.07, 6.45) is 6.68. The second kappa shape index (κ2) is 9.80. The van der Waals surface area contributed by atoms with E-state index in [4.69, 9.17) is 9.47 Å². The van der Waals surface area contributed by atoms with E-state index >= 15 is 0 Å². The Kier molecular flexibility index (Phi) is 7.18. The van der Waals surface area contributed by atoms with E-state index in [1.807, 2.05) is 17.0 Å². The number of methoxy groups -OCH3 is 1. The van der Waals surface area contributed by atoms with Gasteiger partial charge in [0, 0.05) is 25.0 Å². The van der Waals surface area contributed by atoms with Crippen LogP contribution in [0.4, 0.5) is 0 Å². The maximum atomic E-state index is 12.7. The van der Waals surface area contributed by atoms with Gasteiger partial charge in [-0.3, -0.25) is 9.59 Å². The fourth-order valence-electron chi connectivity index (χ4n) is 4.09. The zero-order chi connectivity index (χ0) is 19.9. The van der Waals surface area contributed by atoms with Gasteiger partial charge in [0.25, 0.3) is 5.91 Å². The molecule has 0 radical (unpaired) electrons. The highest BCUT2D eigenvalue weighted by Crippen LogP contribution is 2.24. The number of ether oxygens (including phenoxy) is 2. The van der Waals surface area contributed by atoms with E-state index < -0.39 is 6.10 Å². The third-order valence-electron chi connectivity index (χ3n) is 5.85. The molecule has 0 aromatic heterocycles. The van der Waals surface area contributed by atoms with E-state index in [-0.39, 0.29) is 23.8 Å². The second-order valence-corrected chi connectivity index (χ2v) is 7.88. The quantitative estimate of drug-likeness (QED) is 0.813. The van der Waals surface area contributed by atoms with Crippen LogP contribution in [-0.4, -0.2) is 49.1 Å². The second-order valence-electron chi connectivity index (χ2n) is 7.88. The maximum absolute atomic E-state index is 12.7. The monoisotopic (exact) mass is 388 g/mol. The van der Waals surface area contributed by atoms with Crippen LogP contribution in [0.2, 0.25) is 0 Å². The highest BCUT2D eigenvalue weighted by molar-refractivity contribution is 5.81. The summed E-state index contributed by atoms with van der Waals surface area (Å²) < 4.78 is 10.9. The summed E-state index contributed by atoms with van der Waals surface area (Å²) in [6, 6.07) is 7.40. The van der Waals surface area contributed by atoms with Crippen molar-refractivity contribution >= 4 is 11.8 Å². The minimum Gasteiger partial charge on any atom is -0.497 e. The standard InChI is InChI=1S/C22H32N2O4/c1-16(28-20-10-8-19(27-2)9-11-20)22(26)24-14-12-18(13-15-24)23-21(25)17-6-4-3-5-7-17/h8-11,16-18H,3-7,12-15H2,1-2H3,(H,23,25). The molecule has 1 unspecified atom stereocenters. The predicted octanol–water partition coefficient (Wildman–Crippen LogP) is 3.15. The van der Waals surface area contributed by atoms with E-state index in [0.29, 0.717) is 18.8 Å². The Balaban J connectivity index is 1.42. The first kappa shape index (κ1) is 20.5. The number of carbonyl (C=O) groups excluding carboxylic acids is 2. The number of likely N-dealkylation sites (tertiary alicyclic amines) is 1. The molecule has 0 bridgehead atoms. The lowest BCUT2D eigenvalue weighted by atomic mass is 9.88. The van der Waals surface area contributed by atoms with Crippen molar-refractivity contribution in [2.75, 3.05) is 20.2 Å². The molecule has 2 amide bonds. The van der Waals surface area contributed by atoms with Crippen molar-refractivity contribution in [1.29, 1.82) is 0 Å². The summed E-state index contributed by atoms with van der Waals surface area (Å²) in [5.74, 6) is 1.79. The van der Waals surface area contributed by atoms with E-state index in [1.165, 1.54) is 6.42 Å². The maximum Gasteiger partial charge on any atom is 0.263 e. The molecule has 28 heavy (non-hydrogen) atoms. The number of rotatable bonds is 6. The Labute approximate surface area is 167 Å². The predicted molar refractivity (Wildman–Crippen MR) is 107 cm³/mol. The van der Waals surface area contributed by atoms with Crippen molar-refractivity contribution in [1.82, 2.24) is 10.2 Å². The van der Waals surface area contributed by atoms with Gasteiger partial charge in [-0.2, -0.15) is 0 Å². The van der Waals surface area contributed by atoms with Crippen molar-refractivity contribution in [3.8, 4) is 11.5 Å². The molecule has 1 aromatic carbocycles. The normalized spacial score (nSPS) is 19.7. The van der Waals surface area contributed by atoms with E-state index in [9.17, 15) is 9.59 Å². The molecule has 1 N–H and O–H groups in total. The number of hydrogen-bond acceptors (Lipinski definition) is 4. The van der Waals surface area contributed by atoms with Crippen LogP contribution in [0, 0.1) is 5.92 Å². The van der Waals surface area contributed by atoms with Crippen LogP contribution in [0.15, 0.2) is 24.3 Å². The highest BCUT2D eigenvalue weighted by Gasteiger charge is 2.29. The first-order valence-electron chi connectivity index (χ1n) is 10.5. The van der Waals surface area contributed by atoms with Gasteiger partial charge >= 0.3 is 0 Å². The fourth-order valence-corrected chi connectivity index (χ4v) is 4.09. The highest BCUT2D eigenvalue weighted by atomic mass is 16.5. The summed E-state index contributed by atoms with van der Waals surface area (Å²) in [7, 11) is 1.61.